The van der Waals surface area contributed by atoms with Crippen molar-refractivity contribution in [2.24, 2.45) is 0 Å². The third-order valence-electron chi connectivity index (χ3n) is 6.41. The molecule has 2 aromatic rings. The van der Waals surface area contributed by atoms with Gasteiger partial charge in [0.2, 0.25) is 0 Å². The summed E-state index contributed by atoms with van der Waals surface area (Å²) in [7, 11) is 0. The predicted molar refractivity (Wildman–Crippen MR) is 145 cm³/mol. The lowest BCUT2D eigenvalue weighted by atomic mass is 10.0. The maximum Gasteiger partial charge on any atom is 0.251 e. The van der Waals surface area contributed by atoms with E-state index in [1.807, 2.05) is 42.5 Å². The summed E-state index contributed by atoms with van der Waals surface area (Å²) in [6.45, 7) is 3.63. The van der Waals surface area contributed by atoms with Crippen LogP contribution < -0.4 is 10.1 Å². The standard InChI is InChI=1S/C31H47NO2/c1-2-3-4-5-6-7-8-9-10-11-12-13-14-18-25-32-31(33)29-22-19-23-30(27-29)34-26-24-28-20-16-15-17-21-28/h15-17,19-23,27H,2-14,18,24-26H2,1H3,(H,32,33). The number of carbonyl (C=O) groups is 1. The fraction of sp³-hybridized carbons (Fsp3) is 0.581. The maximum absolute atomic E-state index is 12.5. The van der Waals surface area contributed by atoms with Gasteiger partial charge >= 0.3 is 0 Å². The van der Waals surface area contributed by atoms with Gasteiger partial charge < -0.3 is 10.1 Å². The normalized spacial score (nSPS) is 10.9. The smallest absolute Gasteiger partial charge is 0.251 e. The highest BCUT2D eigenvalue weighted by Crippen LogP contribution is 2.15. The zero-order chi connectivity index (χ0) is 24.1. The summed E-state index contributed by atoms with van der Waals surface area (Å²) in [5.41, 5.74) is 1.92. The molecular formula is C31H47NO2. The number of nitrogens with one attached hydrogen (secondary N) is 1. The van der Waals surface area contributed by atoms with E-state index in [1.165, 1.54) is 89.0 Å². The van der Waals surface area contributed by atoms with E-state index in [4.69, 9.17) is 4.74 Å². The number of amides is 1. The molecule has 0 aliphatic rings. The highest BCUT2D eigenvalue weighted by Gasteiger charge is 2.06. The monoisotopic (exact) mass is 465 g/mol. The zero-order valence-electron chi connectivity index (χ0n) is 21.5. The molecule has 0 saturated heterocycles. The molecule has 3 heteroatoms. The molecule has 0 spiro atoms. The van der Waals surface area contributed by atoms with Gasteiger partial charge in [-0.05, 0) is 30.2 Å². The number of unbranched alkanes of at least 4 members (excludes halogenated alkanes) is 13. The van der Waals surface area contributed by atoms with E-state index in [2.05, 4.69) is 24.4 Å². The largest absolute Gasteiger partial charge is 0.493 e. The minimum absolute atomic E-state index is 0.0109. The Hall–Kier alpha value is -2.29. The first-order chi connectivity index (χ1) is 16.8. The van der Waals surface area contributed by atoms with E-state index < -0.39 is 0 Å². The SMILES string of the molecule is CCCCCCCCCCCCCCCCNC(=O)c1cccc(OCCc2ccccc2)c1. The first kappa shape index (κ1) is 28.0. The Labute approximate surface area is 208 Å². The Morgan fingerprint density at radius 1 is 0.706 bits per heavy atom. The second-order valence-electron chi connectivity index (χ2n) is 9.46. The molecule has 34 heavy (non-hydrogen) atoms. The Balaban J connectivity index is 1.45. The lowest BCUT2D eigenvalue weighted by Gasteiger charge is -2.09. The fourth-order valence-electron chi connectivity index (χ4n) is 4.28. The van der Waals surface area contributed by atoms with E-state index in [0.717, 1.165) is 25.1 Å². The van der Waals surface area contributed by atoms with Crippen LogP contribution in [0.25, 0.3) is 0 Å². The lowest BCUT2D eigenvalue weighted by molar-refractivity contribution is 0.0952. The molecule has 0 heterocycles. The van der Waals surface area contributed by atoms with E-state index in [1.54, 1.807) is 0 Å². The van der Waals surface area contributed by atoms with Crippen molar-refractivity contribution in [1.82, 2.24) is 5.32 Å². The zero-order valence-corrected chi connectivity index (χ0v) is 21.5. The number of carbonyl (C=O) groups excluding carboxylic acids is 1. The first-order valence-electron chi connectivity index (χ1n) is 13.8. The predicted octanol–water partition coefficient (Wildman–Crippen LogP) is 8.52. The van der Waals surface area contributed by atoms with Crippen LogP contribution >= 0.6 is 0 Å². The summed E-state index contributed by atoms with van der Waals surface area (Å²) in [5, 5.41) is 3.06. The second kappa shape index (κ2) is 19.1. The Kier molecular flexibility index (Phi) is 15.7. The van der Waals surface area contributed by atoms with Crippen molar-refractivity contribution in [2.45, 2.75) is 103 Å². The van der Waals surface area contributed by atoms with Crippen LogP contribution in [0, 0.1) is 0 Å². The van der Waals surface area contributed by atoms with Crippen LogP contribution in [0.2, 0.25) is 0 Å². The molecule has 2 rings (SSSR count). The van der Waals surface area contributed by atoms with Crippen molar-refractivity contribution in [3.63, 3.8) is 0 Å². The van der Waals surface area contributed by atoms with Crippen LogP contribution in [0.4, 0.5) is 0 Å². The molecule has 2 aromatic carbocycles. The third-order valence-corrected chi connectivity index (χ3v) is 6.41. The second-order valence-corrected chi connectivity index (χ2v) is 9.46. The summed E-state index contributed by atoms with van der Waals surface area (Å²) < 4.78 is 5.85. The molecule has 0 aromatic heterocycles. The maximum atomic E-state index is 12.5. The topological polar surface area (TPSA) is 38.3 Å². The Morgan fingerprint density at radius 3 is 1.91 bits per heavy atom. The minimum Gasteiger partial charge on any atom is -0.493 e. The van der Waals surface area contributed by atoms with Crippen molar-refractivity contribution in [2.75, 3.05) is 13.2 Å². The molecule has 188 valence electrons. The van der Waals surface area contributed by atoms with Gasteiger partial charge in [-0.15, -0.1) is 0 Å². The molecule has 0 radical (unpaired) electrons. The molecule has 1 N–H and O–H groups in total. The molecule has 0 unspecified atom stereocenters. The van der Waals surface area contributed by atoms with Gasteiger partial charge in [-0.3, -0.25) is 4.79 Å². The molecule has 1 amide bonds. The first-order valence-corrected chi connectivity index (χ1v) is 13.8. The van der Waals surface area contributed by atoms with E-state index >= 15 is 0 Å². The molecule has 0 bridgehead atoms. The van der Waals surface area contributed by atoms with Crippen molar-refractivity contribution < 1.29 is 9.53 Å². The summed E-state index contributed by atoms with van der Waals surface area (Å²) in [5.74, 6) is 0.739. The number of benzene rings is 2. The molecule has 0 aliphatic carbocycles. The Bertz CT molecular complexity index is 759. The summed E-state index contributed by atoms with van der Waals surface area (Å²) in [6.07, 6.45) is 19.7. The van der Waals surface area contributed by atoms with Crippen molar-refractivity contribution >= 4 is 5.91 Å². The van der Waals surface area contributed by atoms with Crippen LogP contribution in [0.1, 0.15) is 113 Å². The number of ether oxygens (including phenoxy) is 1. The summed E-state index contributed by atoms with van der Waals surface area (Å²) in [4.78, 5) is 12.5. The minimum atomic E-state index is -0.0109. The van der Waals surface area contributed by atoms with Gasteiger partial charge in [-0.25, -0.2) is 0 Å². The van der Waals surface area contributed by atoms with Crippen LogP contribution in [0.3, 0.4) is 0 Å². The van der Waals surface area contributed by atoms with Crippen LogP contribution in [0.15, 0.2) is 54.6 Å². The molecule has 0 aliphatic heterocycles. The van der Waals surface area contributed by atoms with Gasteiger partial charge in [0.25, 0.3) is 5.91 Å². The number of rotatable bonds is 20. The van der Waals surface area contributed by atoms with Gasteiger partial charge in [0, 0.05) is 18.5 Å². The van der Waals surface area contributed by atoms with Crippen molar-refractivity contribution in [3.05, 3.63) is 65.7 Å². The van der Waals surface area contributed by atoms with Gasteiger partial charge in [0.15, 0.2) is 0 Å². The molecule has 0 fully saturated rings. The molecular weight excluding hydrogens is 418 g/mol. The Morgan fingerprint density at radius 2 is 1.29 bits per heavy atom. The van der Waals surface area contributed by atoms with Gasteiger partial charge in [-0.2, -0.15) is 0 Å². The summed E-state index contributed by atoms with van der Waals surface area (Å²) >= 11 is 0. The van der Waals surface area contributed by atoms with E-state index in [9.17, 15) is 4.79 Å². The molecule has 3 nitrogen and oxygen atoms in total. The molecule has 0 atom stereocenters. The quantitative estimate of drug-likeness (QED) is 0.199. The van der Waals surface area contributed by atoms with Crippen molar-refractivity contribution in [3.8, 4) is 5.75 Å². The third kappa shape index (κ3) is 13.4. The average Bonchev–Trinajstić information content (AvgIpc) is 2.87. The van der Waals surface area contributed by atoms with E-state index in [-0.39, 0.29) is 5.91 Å². The van der Waals surface area contributed by atoms with Crippen molar-refractivity contribution in [1.29, 1.82) is 0 Å². The summed E-state index contributed by atoms with van der Waals surface area (Å²) in [6, 6.07) is 17.8. The highest BCUT2D eigenvalue weighted by molar-refractivity contribution is 5.94. The van der Waals surface area contributed by atoms with Gasteiger partial charge in [-0.1, -0.05) is 127 Å². The van der Waals surface area contributed by atoms with Crippen LogP contribution in [-0.2, 0) is 6.42 Å². The van der Waals surface area contributed by atoms with Gasteiger partial charge in [0.1, 0.15) is 5.75 Å². The lowest BCUT2D eigenvalue weighted by Crippen LogP contribution is -2.24. The number of hydrogen-bond donors (Lipinski definition) is 1. The van der Waals surface area contributed by atoms with Crippen LogP contribution in [0.5, 0.6) is 5.75 Å². The number of hydrogen-bond acceptors (Lipinski definition) is 2. The van der Waals surface area contributed by atoms with E-state index in [0.29, 0.717) is 12.2 Å². The average molecular weight is 466 g/mol. The fourth-order valence-corrected chi connectivity index (χ4v) is 4.28. The van der Waals surface area contributed by atoms with Crippen LogP contribution in [-0.4, -0.2) is 19.1 Å². The van der Waals surface area contributed by atoms with Gasteiger partial charge in [0.05, 0.1) is 6.61 Å². The molecule has 0 saturated carbocycles. The highest BCUT2D eigenvalue weighted by atomic mass is 16.5.